The van der Waals surface area contributed by atoms with E-state index in [-0.39, 0.29) is 11.5 Å². The van der Waals surface area contributed by atoms with Crippen molar-refractivity contribution in [3.63, 3.8) is 0 Å². The molecule has 0 spiro atoms. The van der Waals surface area contributed by atoms with Gasteiger partial charge in [0.1, 0.15) is 0 Å². The summed E-state index contributed by atoms with van der Waals surface area (Å²) in [6, 6.07) is 13.8. The normalized spacial score (nSPS) is 10.8. The highest BCUT2D eigenvalue weighted by Gasteiger charge is 2.04. The number of allylic oxidation sites excluding steroid dienone is 1. The van der Waals surface area contributed by atoms with E-state index in [9.17, 15) is 14.9 Å². The van der Waals surface area contributed by atoms with Crippen LogP contribution < -0.4 is 5.32 Å². The van der Waals surface area contributed by atoms with Crippen LogP contribution in [0.15, 0.2) is 60.8 Å². The van der Waals surface area contributed by atoms with Gasteiger partial charge in [-0.05, 0) is 30.5 Å². The largest absolute Gasteiger partial charge is 0.362 e. The lowest BCUT2D eigenvalue weighted by atomic mass is 10.0. The van der Waals surface area contributed by atoms with Crippen molar-refractivity contribution in [3.8, 4) is 0 Å². The molecule has 0 aliphatic carbocycles. The van der Waals surface area contributed by atoms with Crippen molar-refractivity contribution >= 4 is 17.2 Å². The van der Waals surface area contributed by atoms with E-state index in [1.165, 1.54) is 49.5 Å². The summed E-state index contributed by atoms with van der Waals surface area (Å²) in [4.78, 5) is 22.3. The summed E-state index contributed by atoms with van der Waals surface area (Å²) in [6.07, 6.45) is 8.97. The Kier molecular flexibility index (Phi) is 7.55. The van der Waals surface area contributed by atoms with Gasteiger partial charge in [-0.25, -0.2) is 0 Å². The number of nitro benzene ring substituents is 1. The average molecular weight is 352 g/mol. The van der Waals surface area contributed by atoms with Crippen LogP contribution in [0.4, 0.5) is 11.4 Å². The molecule has 0 aliphatic heterocycles. The SMILES string of the molecule is CCCCCCc1ccc(C(=O)/C=C/Nc2ccc([N+](=O)[O-])cc2)cc1. The molecule has 0 bridgehead atoms. The standard InChI is InChI=1S/C21H24N2O3/c1-2-3-4-5-6-17-7-9-18(10-8-17)21(24)15-16-22-19-11-13-20(14-12-19)23(25)26/h7-16,22H,2-6H2,1H3/b16-15+. The first kappa shape index (κ1) is 19.4. The number of nitro groups is 1. The zero-order valence-electron chi connectivity index (χ0n) is 15.0. The second kappa shape index (κ2) is 10.1. The van der Waals surface area contributed by atoms with E-state index in [0.29, 0.717) is 11.3 Å². The lowest BCUT2D eigenvalue weighted by molar-refractivity contribution is -0.384. The van der Waals surface area contributed by atoms with E-state index in [1.807, 2.05) is 24.3 Å². The lowest BCUT2D eigenvalue weighted by Crippen LogP contribution is -1.97. The molecule has 0 amide bonds. The second-order valence-electron chi connectivity index (χ2n) is 6.15. The Morgan fingerprint density at radius 3 is 2.35 bits per heavy atom. The number of rotatable bonds is 10. The van der Waals surface area contributed by atoms with Crippen LogP contribution in [0.1, 0.15) is 48.5 Å². The minimum absolute atomic E-state index is 0.0328. The molecule has 2 aromatic rings. The molecule has 136 valence electrons. The molecule has 0 atom stereocenters. The van der Waals surface area contributed by atoms with Crippen molar-refractivity contribution < 1.29 is 9.72 Å². The molecule has 0 radical (unpaired) electrons. The van der Waals surface area contributed by atoms with Crippen LogP contribution in [0.5, 0.6) is 0 Å². The topological polar surface area (TPSA) is 72.2 Å². The van der Waals surface area contributed by atoms with Gasteiger partial charge in [-0.2, -0.15) is 0 Å². The first-order valence-electron chi connectivity index (χ1n) is 8.91. The summed E-state index contributed by atoms with van der Waals surface area (Å²) in [5, 5.41) is 13.5. The van der Waals surface area contributed by atoms with Crippen LogP contribution in [-0.4, -0.2) is 10.7 Å². The van der Waals surface area contributed by atoms with Crippen LogP contribution in [0.3, 0.4) is 0 Å². The summed E-state index contributed by atoms with van der Waals surface area (Å²) in [6.45, 7) is 2.20. The van der Waals surface area contributed by atoms with E-state index in [1.54, 1.807) is 18.3 Å². The van der Waals surface area contributed by atoms with Gasteiger partial charge in [0.2, 0.25) is 0 Å². The Morgan fingerprint density at radius 1 is 1.04 bits per heavy atom. The molecule has 5 heteroatoms. The quantitative estimate of drug-likeness (QED) is 0.201. The number of non-ortho nitro benzene ring substituents is 1. The lowest BCUT2D eigenvalue weighted by Gasteiger charge is -2.03. The summed E-state index contributed by atoms with van der Waals surface area (Å²) >= 11 is 0. The van der Waals surface area contributed by atoms with Gasteiger partial charge in [0, 0.05) is 35.7 Å². The fourth-order valence-corrected chi connectivity index (χ4v) is 2.58. The van der Waals surface area contributed by atoms with Gasteiger partial charge in [0.25, 0.3) is 5.69 Å². The maximum Gasteiger partial charge on any atom is 0.269 e. The molecule has 0 fully saturated rings. The molecule has 0 aromatic heterocycles. The number of hydrogen-bond acceptors (Lipinski definition) is 4. The highest BCUT2D eigenvalue weighted by atomic mass is 16.6. The third-order valence-electron chi connectivity index (χ3n) is 4.12. The molecule has 5 nitrogen and oxygen atoms in total. The zero-order chi connectivity index (χ0) is 18.8. The predicted molar refractivity (Wildman–Crippen MR) is 104 cm³/mol. The Bertz CT molecular complexity index is 750. The van der Waals surface area contributed by atoms with Crippen molar-refractivity contribution in [1.29, 1.82) is 0 Å². The minimum Gasteiger partial charge on any atom is -0.362 e. The van der Waals surface area contributed by atoms with Gasteiger partial charge in [0.15, 0.2) is 5.78 Å². The molecular formula is C21H24N2O3. The van der Waals surface area contributed by atoms with Crippen LogP contribution in [0.25, 0.3) is 0 Å². The number of nitrogens with one attached hydrogen (secondary N) is 1. The number of hydrogen-bond donors (Lipinski definition) is 1. The first-order valence-corrected chi connectivity index (χ1v) is 8.91. The smallest absolute Gasteiger partial charge is 0.269 e. The number of ketones is 1. The van der Waals surface area contributed by atoms with Gasteiger partial charge < -0.3 is 5.32 Å². The highest BCUT2D eigenvalue weighted by molar-refractivity contribution is 6.04. The third-order valence-corrected chi connectivity index (χ3v) is 4.12. The Labute approximate surface area is 153 Å². The minimum atomic E-state index is -0.448. The van der Waals surface area contributed by atoms with Crippen molar-refractivity contribution in [3.05, 3.63) is 82.0 Å². The number of nitrogens with zero attached hydrogens (tertiary/aromatic N) is 1. The van der Waals surface area contributed by atoms with Gasteiger partial charge in [0.05, 0.1) is 4.92 Å². The van der Waals surface area contributed by atoms with Crippen LogP contribution >= 0.6 is 0 Å². The number of carbonyl (C=O) groups is 1. The Hall–Kier alpha value is -2.95. The molecule has 0 heterocycles. The van der Waals surface area contributed by atoms with Crippen LogP contribution in [-0.2, 0) is 6.42 Å². The molecule has 0 unspecified atom stereocenters. The fraction of sp³-hybridized carbons (Fsp3) is 0.286. The number of aryl methyl sites for hydroxylation is 1. The van der Waals surface area contributed by atoms with Crippen LogP contribution in [0.2, 0.25) is 0 Å². The highest BCUT2D eigenvalue weighted by Crippen LogP contribution is 2.15. The first-order chi connectivity index (χ1) is 12.6. The second-order valence-corrected chi connectivity index (χ2v) is 6.15. The maximum absolute atomic E-state index is 12.2. The van der Waals surface area contributed by atoms with E-state index < -0.39 is 4.92 Å². The van der Waals surface area contributed by atoms with Crippen molar-refractivity contribution in [2.45, 2.75) is 39.0 Å². The van der Waals surface area contributed by atoms with E-state index >= 15 is 0 Å². The fourth-order valence-electron chi connectivity index (χ4n) is 2.58. The predicted octanol–water partition coefficient (Wildman–Crippen LogP) is 5.53. The Balaban J connectivity index is 1.84. The molecule has 2 aromatic carbocycles. The molecule has 0 saturated carbocycles. The summed E-state index contributed by atoms with van der Waals surface area (Å²) < 4.78 is 0. The number of unbranched alkanes of at least 4 members (excludes halogenated alkanes) is 3. The van der Waals surface area contributed by atoms with Gasteiger partial charge in [-0.1, -0.05) is 50.5 Å². The molecule has 1 N–H and O–H groups in total. The number of benzene rings is 2. The van der Waals surface area contributed by atoms with Gasteiger partial charge >= 0.3 is 0 Å². The van der Waals surface area contributed by atoms with Crippen molar-refractivity contribution in [1.82, 2.24) is 0 Å². The van der Waals surface area contributed by atoms with E-state index in [0.717, 1.165) is 6.42 Å². The van der Waals surface area contributed by atoms with E-state index in [4.69, 9.17) is 0 Å². The zero-order valence-corrected chi connectivity index (χ0v) is 15.0. The van der Waals surface area contributed by atoms with E-state index in [2.05, 4.69) is 12.2 Å². The monoisotopic (exact) mass is 352 g/mol. The molecule has 0 saturated heterocycles. The number of carbonyl (C=O) groups excluding carboxylic acids is 1. The average Bonchev–Trinajstić information content (AvgIpc) is 2.66. The summed E-state index contributed by atoms with van der Waals surface area (Å²) in [7, 11) is 0. The Morgan fingerprint density at radius 2 is 1.73 bits per heavy atom. The molecule has 26 heavy (non-hydrogen) atoms. The number of anilines is 1. The summed E-state index contributed by atoms with van der Waals surface area (Å²) in [5.74, 6) is -0.0862. The van der Waals surface area contributed by atoms with Crippen molar-refractivity contribution in [2.75, 3.05) is 5.32 Å². The van der Waals surface area contributed by atoms with Gasteiger partial charge in [-0.3, -0.25) is 14.9 Å². The molecular weight excluding hydrogens is 328 g/mol. The molecule has 0 aliphatic rings. The summed E-state index contributed by atoms with van der Waals surface area (Å²) in [5.41, 5.74) is 2.61. The van der Waals surface area contributed by atoms with Crippen molar-refractivity contribution in [2.24, 2.45) is 0 Å². The third kappa shape index (κ3) is 6.16. The maximum atomic E-state index is 12.2. The van der Waals surface area contributed by atoms with Crippen LogP contribution in [0, 0.1) is 10.1 Å². The van der Waals surface area contributed by atoms with Gasteiger partial charge in [-0.15, -0.1) is 0 Å². The molecule has 2 rings (SSSR count).